The quantitative estimate of drug-likeness (QED) is 0.859. The minimum absolute atomic E-state index is 0.347. The molecule has 0 atom stereocenters. The molecule has 0 aliphatic carbocycles. The van der Waals surface area contributed by atoms with Crippen LogP contribution in [0.2, 0.25) is 0 Å². The number of hydrogen-bond donors (Lipinski definition) is 1. The van der Waals surface area contributed by atoms with Gasteiger partial charge in [-0.1, -0.05) is 0 Å². The fourth-order valence-corrected chi connectivity index (χ4v) is 3.03. The van der Waals surface area contributed by atoms with Gasteiger partial charge in [0.1, 0.15) is 23.7 Å². The fourth-order valence-electron chi connectivity index (χ4n) is 3.03. The number of halogens is 1. The Morgan fingerprint density at radius 2 is 2.00 bits per heavy atom. The monoisotopic (exact) mass is 348 g/mol. The number of carboxylic acids is 1. The van der Waals surface area contributed by atoms with E-state index in [2.05, 4.69) is 15.0 Å². The van der Waals surface area contributed by atoms with Gasteiger partial charge in [0.15, 0.2) is 0 Å². The van der Waals surface area contributed by atoms with E-state index in [-0.39, 0.29) is 5.82 Å². The van der Waals surface area contributed by atoms with Crippen LogP contribution in [0, 0.1) is 5.82 Å². The second kappa shape index (κ2) is 7.18. The van der Waals surface area contributed by atoms with E-state index in [4.69, 9.17) is 4.74 Å². The van der Waals surface area contributed by atoms with Crippen LogP contribution in [0.4, 0.5) is 4.39 Å². The van der Waals surface area contributed by atoms with Crippen molar-refractivity contribution in [2.24, 2.45) is 0 Å². The van der Waals surface area contributed by atoms with Gasteiger partial charge in [0.2, 0.25) is 5.60 Å². The number of likely N-dealkylation sites (tertiary alicyclic amines) is 1. The normalized spacial score (nSPS) is 17.4. The lowest BCUT2D eigenvalue weighted by molar-refractivity contribution is -0.159. The number of piperidine rings is 1. The number of rotatable bonds is 6. The zero-order chi connectivity index (χ0) is 17.9. The van der Waals surface area contributed by atoms with Gasteiger partial charge in [-0.25, -0.2) is 18.9 Å². The Kier molecular flexibility index (Phi) is 4.98. The lowest BCUT2D eigenvalue weighted by atomic mass is 9.91. The molecule has 1 aliphatic rings. The highest BCUT2D eigenvalue weighted by Crippen LogP contribution is 2.30. The molecule has 0 amide bonds. The van der Waals surface area contributed by atoms with E-state index in [1.165, 1.54) is 30.6 Å². The van der Waals surface area contributed by atoms with Crippen molar-refractivity contribution in [3.8, 4) is 5.75 Å². The van der Waals surface area contributed by atoms with E-state index in [0.717, 1.165) is 12.4 Å². The molecule has 1 aromatic carbocycles. The smallest absolute Gasteiger partial charge is 0.348 e. The van der Waals surface area contributed by atoms with E-state index in [1.807, 2.05) is 11.6 Å². The number of carboxylic acid groups (broad SMARTS) is 1. The average molecular weight is 348 g/mol. The summed E-state index contributed by atoms with van der Waals surface area (Å²) in [7, 11) is 0. The van der Waals surface area contributed by atoms with Crippen molar-refractivity contribution in [1.82, 2.24) is 19.7 Å². The maximum atomic E-state index is 13.0. The van der Waals surface area contributed by atoms with Gasteiger partial charge < -0.3 is 9.84 Å². The number of benzene rings is 1. The lowest BCUT2D eigenvalue weighted by Gasteiger charge is -2.38. The molecule has 0 radical (unpaired) electrons. The number of nitrogens with zero attached hydrogens (tertiary/aromatic N) is 4. The number of aromatic nitrogens is 3. The number of ether oxygens (including phenoxy) is 1. The van der Waals surface area contributed by atoms with Crippen LogP contribution in [0.3, 0.4) is 0 Å². The van der Waals surface area contributed by atoms with E-state index in [0.29, 0.717) is 38.2 Å². The molecule has 1 aromatic heterocycles. The van der Waals surface area contributed by atoms with Gasteiger partial charge in [0.25, 0.3) is 0 Å². The first-order valence-corrected chi connectivity index (χ1v) is 8.29. The molecule has 25 heavy (non-hydrogen) atoms. The van der Waals surface area contributed by atoms with Gasteiger partial charge in [-0.15, -0.1) is 0 Å². The first-order chi connectivity index (χ1) is 12.0. The topological polar surface area (TPSA) is 80.5 Å². The van der Waals surface area contributed by atoms with Crippen LogP contribution in [-0.4, -0.2) is 49.4 Å². The summed E-state index contributed by atoms with van der Waals surface area (Å²) < 4.78 is 20.6. The Hall–Kier alpha value is -2.48. The number of aryl methyl sites for hydroxylation is 1. The summed E-state index contributed by atoms with van der Waals surface area (Å²) in [5, 5.41) is 13.8. The molecule has 3 rings (SSSR count). The molecule has 1 saturated heterocycles. The van der Waals surface area contributed by atoms with E-state index in [9.17, 15) is 14.3 Å². The summed E-state index contributed by atoms with van der Waals surface area (Å²) in [4.78, 5) is 18.2. The summed E-state index contributed by atoms with van der Waals surface area (Å²) in [6.45, 7) is 4.52. The molecule has 0 unspecified atom stereocenters. The molecule has 0 saturated carbocycles. The molecule has 1 N–H and O–H groups in total. The maximum Gasteiger partial charge on any atom is 0.348 e. The highest BCUT2D eigenvalue weighted by molar-refractivity contribution is 5.78. The Labute approximate surface area is 145 Å². The Morgan fingerprint density at radius 3 is 2.60 bits per heavy atom. The highest BCUT2D eigenvalue weighted by Gasteiger charge is 2.44. The van der Waals surface area contributed by atoms with Gasteiger partial charge in [-0.05, 0) is 31.2 Å². The van der Waals surface area contributed by atoms with Gasteiger partial charge in [0, 0.05) is 32.5 Å². The predicted octanol–water partition coefficient (Wildman–Crippen LogP) is 1.94. The van der Waals surface area contributed by atoms with Gasteiger partial charge in [-0.3, -0.25) is 4.90 Å². The maximum absolute atomic E-state index is 13.0. The first kappa shape index (κ1) is 17.3. The van der Waals surface area contributed by atoms with Crippen LogP contribution in [-0.2, 0) is 17.9 Å². The molecule has 134 valence electrons. The molecule has 1 aliphatic heterocycles. The molecule has 2 heterocycles. The highest BCUT2D eigenvalue weighted by atomic mass is 19.1. The van der Waals surface area contributed by atoms with Crippen molar-refractivity contribution in [2.75, 3.05) is 13.1 Å². The van der Waals surface area contributed by atoms with Crippen molar-refractivity contribution in [3.05, 3.63) is 42.2 Å². The second-order valence-corrected chi connectivity index (χ2v) is 6.12. The first-order valence-electron chi connectivity index (χ1n) is 8.29. The summed E-state index contributed by atoms with van der Waals surface area (Å²) >= 11 is 0. The predicted molar refractivity (Wildman–Crippen MR) is 87.6 cm³/mol. The van der Waals surface area contributed by atoms with Crippen LogP contribution in [0.1, 0.15) is 25.6 Å². The standard InChI is InChI=1S/C17H21FN4O3/c1-2-22-15(19-12-20-22)11-21-9-7-17(8-10-21,16(23)24)25-14-5-3-13(18)4-6-14/h3-6,12H,2,7-11H2,1H3,(H,23,24). The molecule has 8 heteroatoms. The summed E-state index contributed by atoms with van der Waals surface area (Å²) in [5.74, 6) is -0.146. The Balaban J connectivity index is 1.66. The summed E-state index contributed by atoms with van der Waals surface area (Å²) in [5.41, 5.74) is -1.28. The summed E-state index contributed by atoms with van der Waals surface area (Å²) in [6, 6.07) is 5.43. The molecule has 1 fully saturated rings. The van der Waals surface area contributed by atoms with Crippen molar-refractivity contribution in [2.45, 2.75) is 38.5 Å². The van der Waals surface area contributed by atoms with Gasteiger partial charge in [-0.2, -0.15) is 5.10 Å². The summed E-state index contributed by atoms with van der Waals surface area (Å²) in [6.07, 6.45) is 2.22. The lowest BCUT2D eigenvalue weighted by Crippen LogP contribution is -2.53. The van der Waals surface area contributed by atoms with Crippen molar-refractivity contribution in [1.29, 1.82) is 0 Å². The van der Waals surface area contributed by atoms with Gasteiger partial charge >= 0.3 is 5.97 Å². The van der Waals surface area contributed by atoms with Crippen LogP contribution in [0.15, 0.2) is 30.6 Å². The Bertz CT molecular complexity index is 724. The van der Waals surface area contributed by atoms with Crippen LogP contribution in [0.25, 0.3) is 0 Å². The largest absolute Gasteiger partial charge is 0.478 e. The van der Waals surface area contributed by atoms with E-state index < -0.39 is 11.6 Å². The van der Waals surface area contributed by atoms with Gasteiger partial charge in [0.05, 0.1) is 6.54 Å². The third kappa shape index (κ3) is 3.79. The van der Waals surface area contributed by atoms with Crippen LogP contribution >= 0.6 is 0 Å². The third-order valence-electron chi connectivity index (χ3n) is 4.54. The van der Waals surface area contributed by atoms with Crippen molar-refractivity contribution < 1.29 is 19.0 Å². The average Bonchev–Trinajstić information content (AvgIpc) is 3.06. The fraction of sp³-hybridized carbons (Fsp3) is 0.471. The third-order valence-corrected chi connectivity index (χ3v) is 4.54. The van der Waals surface area contributed by atoms with Crippen LogP contribution < -0.4 is 4.74 Å². The van der Waals surface area contributed by atoms with E-state index in [1.54, 1.807) is 0 Å². The number of aliphatic carboxylic acids is 1. The SMILES string of the molecule is CCn1ncnc1CN1CCC(Oc2ccc(F)cc2)(C(=O)O)CC1. The molecule has 0 spiro atoms. The molecular formula is C17H21FN4O3. The second-order valence-electron chi connectivity index (χ2n) is 6.12. The zero-order valence-electron chi connectivity index (χ0n) is 14.1. The van der Waals surface area contributed by atoms with Crippen molar-refractivity contribution in [3.63, 3.8) is 0 Å². The molecule has 7 nitrogen and oxygen atoms in total. The number of hydrogen-bond acceptors (Lipinski definition) is 5. The molecule has 0 bridgehead atoms. The number of carbonyl (C=O) groups is 1. The minimum atomic E-state index is -1.28. The van der Waals surface area contributed by atoms with Crippen molar-refractivity contribution >= 4 is 5.97 Å². The Morgan fingerprint density at radius 1 is 1.32 bits per heavy atom. The molecule has 2 aromatic rings. The zero-order valence-corrected chi connectivity index (χ0v) is 14.1. The minimum Gasteiger partial charge on any atom is -0.478 e. The van der Waals surface area contributed by atoms with E-state index >= 15 is 0 Å². The molecular weight excluding hydrogens is 327 g/mol. The van der Waals surface area contributed by atoms with Crippen LogP contribution in [0.5, 0.6) is 5.75 Å².